The van der Waals surface area contributed by atoms with Gasteiger partial charge in [-0.05, 0) is 50.2 Å². The number of halogens is 1. The highest BCUT2D eigenvalue weighted by Gasteiger charge is 2.16. The molecular formula is C14H15BrN2. The van der Waals surface area contributed by atoms with Gasteiger partial charge in [0, 0.05) is 21.5 Å². The second kappa shape index (κ2) is 4.75. The Hall–Kier alpha value is -0.930. The zero-order chi connectivity index (χ0) is 11.7. The van der Waals surface area contributed by atoms with Crippen molar-refractivity contribution in [2.75, 3.05) is 13.1 Å². The van der Waals surface area contributed by atoms with Crippen molar-refractivity contribution in [3.05, 3.63) is 40.5 Å². The minimum Gasteiger partial charge on any atom is -0.317 e. The van der Waals surface area contributed by atoms with E-state index in [-0.39, 0.29) is 0 Å². The van der Waals surface area contributed by atoms with E-state index >= 15 is 0 Å². The number of aromatic nitrogens is 1. The van der Waals surface area contributed by atoms with Crippen LogP contribution in [0.15, 0.2) is 34.8 Å². The highest BCUT2D eigenvalue weighted by Crippen LogP contribution is 2.26. The summed E-state index contributed by atoms with van der Waals surface area (Å²) < 4.78 is 1.11. The van der Waals surface area contributed by atoms with Crippen LogP contribution in [0.3, 0.4) is 0 Å². The first-order valence-electron chi connectivity index (χ1n) is 6.10. The molecule has 0 bridgehead atoms. The molecular weight excluding hydrogens is 276 g/mol. The van der Waals surface area contributed by atoms with E-state index in [0.29, 0.717) is 5.92 Å². The number of pyridine rings is 1. The summed E-state index contributed by atoms with van der Waals surface area (Å²) in [6.07, 6.45) is 2.41. The third-order valence-corrected chi connectivity index (χ3v) is 3.92. The summed E-state index contributed by atoms with van der Waals surface area (Å²) in [6.45, 7) is 2.23. The number of fused-ring (bicyclic) bond motifs is 1. The molecule has 17 heavy (non-hydrogen) atoms. The number of nitrogens with zero attached hydrogens (tertiary/aromatic N) is 1. The maximum absolute atomic E-state index is 4.79. The van der Waals surface area contributed by atoms with Crippen LogP contribution in [0, 0.1) is 0 Å². The average Bonchev–Trinajstić information content (AvgIpc) is 2.39. The Morgan fingerprint density at radius 2 is 1.94 bits per heavy atom. The molecule has 0 spiro atoms. The first-order valence-corrected chi connectivity index (χ1v) is 6.89. The topological polar surface area (TPSA) is 24.9 Å². The molecule has 88 valence electrons. The van der Waals surface area contributed by atoms with E-state index in [1.807, 2.05) is 0 Å². The summed E-state index contributed by atoms with van der Waals surface area (Å²) in [7, 11) is 0. The molecule has 2 nitrogen and oxygen atoms in total. The Labute approximate surface area is 110 Å². The van der Waals surface area contributed by atoms with Crippen LogP contribution in [0.4, 0.5) is 0 Å². The van der Waals surface area contributed by atoms with Crippen molar-refractivity contribution in [3.8, 4) is 0 Å². The summed E-state index contributed by atoms with van der Waals surface area (Å²) in [5.74, 6) is 0.629. The number of benzene rings is 1. The van der Waals surface area contributed by atoms with E-state index in [2.05, 4.69) is 51.6 Å². The molecule has 1 N–H and O–H groups in total. The number of nitrogens with one attached hydrogen (secondary N) is 1. The van der Waals surface area contributed by atoms with Crippen LogP contribution < -0.4 is 5.32 Å². The Bertz CT molecular complexity index is 533. The van der Waals surface area contributed by atoms with Gasteiger partial charge in [-0.15, -0.1) is 0 Å². The SMILES string of the molecule is Brc1ccc2nc(C3CCNCC3)ccc2c1. The highest BCUT2D eigenvalue weighted by molar-refractivity contribution is 9.10. The number of piperidine rings is 1. The molecule has 1 aliphatic rings. The normalized spacial score (nSPS) is 17.5. The van der Waals surface area contributed by atoms with E-state index in [0.717, 1.165) is 23.1 Å². The lowest BCUT2D eigenvalue weighted by molar-refractivity contribution is 0.454. The van der Waals surface area contributed by atoms with E-state index in [4.69, 9.17) is 4.98 Å². The average molecular weight is 291 g/mol. The monoisotopic (exact) mass is 290 g/mol. The molecule has 0 radical (unpaired) electrons. The summed E-state index contributed by atoms with van der Waals surface area (Å²) in [5.41, 5.74) is 2.35. The van der Waals surface area contributed by atoms with Crippen molar-refractivity contribution in [3.63, 3.8) is 0 Å². The summed E-state index contributed by atoms with van der Waals surface area (Å²) in [6, 6.07) is 10.6. The fourth-order valence-electron chi connectivity index (χ4n) is 2.46. The highest BCUT2D eigenvalue weighted by atomic mass is 79.9. The van der Waals surface area contributed by atoms with Crippen LogP contribution in [0.5, 0.6) is 0 Å². The van der Waals surface area contributed by atoms with Crippen molar-refractivity contribution in [1.82, 2.24) is 10.3 Å². The van der Waals surface area contributed by atoms with Gasteiger partial charge in [-0.1, -0.05) is 22.0 Å². The summed E-state index contributed by atoms with van der Waals surface area (Å²) >= 11 is 3.49. The van der Waals surface area contributed by atoms with Gasteiger partial charge in [-0.25, -0.2) is 0 Å². The lowest BCUT2D eigenvalue weighted by atomic mass is 9.94. The van der Waals surface area contributed by atoms with Crippen LogP contribution in [-0.4, -0.2) is 18.1 Å². The number of rotatable bonds is 1. The smallest absolute Gasteiger partial charge is 0.0706 e. The molecule has 0 unspecified atom stereocenters. The third-order valence-electron chi connectivity index (χ3n) is 3.43. The largest absolute Gasteiger partial charge is 0.317 e. The third kappa shape index (κ3) is 2.35. The molecule has 0 aliphatic carbocycles. The van der Waals surface area contributed by atoms with E-state index in [1.54, 1.807) is 0 Å². The van der Waals surface area contributed by atoms with Gasteiger partial charge in [-0.3, -0.25) is 4.98 Å². The Balaban J connectivity index is 1.98. The Morgan fingerprint density at radius 3 is 2.76 bits per heavy atom. The molecule has 0 amide bonds. The molecule has 2 aromatic rings. The van der Waals surface area contributed by atoms with Crippen molar-refractivity contribution >= 4 is 26.8 Å². The lowest BCUT2D eigenvalue weighted by Crippen LogP contribution is -2.27. The van der Waals surface area contributed by atoms with Crippen LogP contribution in [0.2, 0.25) is 0 Å². The predicted octanol–water partition coefficient (Wildman–Crippen LogP) is 3.46. The minimum atomic E-state index is 0.629. The molecule has 3 heteroatoms. The second-order valence-corrected chi connectivity index (χ2v) is 5.51. The molecule has 3 rings (SSSR count). The van der Waals surface area contributed by atoms with Gasteiger partial charge < -0.3 is 5.32 Å². The Kier molecular flexibility index (Phi) is 3.12. The predicted molar refractivity (Wildman–Crippen MR) is 74.3 cm³/mol. The van der Waals surface area contributed by atoms with Crippen molar-refractivity contribution < 1.29 is 0 Å². The molecule has 1 aliphatic heterocycles. The van der Waals surface area contributed by atoms with Gasteiger partial charge >= 0.3 is 0 Å². The van der Waals surface area contributed by atoms with Crippen molar-refractivity contribution in [2.45, 2.75) is 18.8 Å². The molecule has 1 fully saturated rings. The first kappa shape index (κ1) is 11.2. The summed E-state index contributed by atoms with van der Waals surface area (Å²) in [5, 5.41) is 4.60. The van der Waals surface area contributed by atoms with Gasteiger partial charge in [0.15, 0.2) is 0 Å². The maximum atomic E-state index is 4.79. The van der Waals surface area contributed by atoms with Crippen LogP contribution in [0.1, 0.15) is 24.5 Å². The maximum Gasteiger partial charge on any atom is 0.0706 e. The standard InChI is InChI=1S/C14H15BrN2/c15-12-2-4-14-11(9-12)1-3-13(17-14)10-5-7-16-8-6-10/h1-4,9-10,16H,5-8H2. The molecule has 0 saturated carbocycles. The molecule has 1 aromatic heterocycles. The summed E-state index contributed by atoms with van der Waals surface area (Å²) in [4.78, 5) is 4.79. The van der Waals surface area contributed by atoms with Gasteiger partial charge in [0.2, 0.25) is 0 Å². The van der Waals surface area contributed by atoms with E-state index < -0.39 is 0 Å². The van der Waals surface area contributed by atoms with Gasteiger partial charge in [0.25, 0.3) is 0 Å². The lowest BCUT2D eigenvalue weighted by Gasteiger charge is -2.22. The molecule has 1 saturated heterocycles. The Morgan fingerprint density at radius 1 is 1.12 bits per heavy atom. The van der Waals surface area contributed by atoms with Gasteiger partial charge in [-0.2, -0.15) is 0 Å². The number of hydrogen-bond acceptors (Lipinski definition) is 2. The zero-order valence-corrected chi connectivity index (χ0v) is 11.2. The van der Waals surface area contributed by atoms with Crippen molar-refractivity contribution in [2.24, 2.45) is 0 Å². The minimum absolute atomic E-state index is 0.629. The van der Waals surface area contributed by atoms with E-state index in [1.165, 1.54) is 23.9 Å². The van der Waals surface area contributed by atoms with E-state index in [9.17, 15) is 0 Å². The molecule has 0 atom stereocenters. The van der Waals surface area contributed by atoms with Gasteiger partial charge in [0.1, 0.15) is 0 Å². The second-order valence-electron chi connectivity index (χ2n) is 4.60. The zero-order valence-electron chi connectivity index (χ0n) is 9.62. The fraction of sp³-hybridized carbons (Fsp3) is 0.357. The van der Waals surface area contributed by atoms with Crippen LogP contribution in [0.25, 0.3) is 10.9 Å². The van der Waals surface area contributed by atoms with Crippen LogP contribution in [-0.2, 0) is 0 Å². The van der Waals surface area contributed by atoms with Crippen molar-refractivity contribution in [1.29, 1.82) is 0 Å². The first-order chi connectivity index (χ1) is 8.33. The fourth-order valence-corrected chi connectivity index (χ4v) is 2.84. The number of hydrogen-bond donors (Lipinski definition) is 1. The molecule has 2 heterocycles. The van der Waals surface area contributed by atoms with Crippen LogP contribution >= 0.6 is 15.9 Å². The quantitative estimate of drug-likeness (QED) is 0.870. The van der Waals surface area contributed by atoms with Gasteiger partial charge in [0.05, 0.1) is 5.52 Å². The molecule has 1 aromatic carbocycles.